The number of methoxy groups -OCH3 is 1. The van der Waals surface area contributed by atoms with Gasteiger partial charge in [-0.05, 0) is 42.5 Å². The molecule has 1 amide bonds. The molecule has 0 radical (unpaired) electrons. The summed E-state index contributed by atoms with van der Waals surface area (Å²) < 4.78 is 23.8. The molecular weight excluding hydrogens is 347 g/mol. The van der Waals surface area contributed by atoms with Crippen molar-refractivity contribution >= 4 is 38.6 Å². The van der Waals surface area contributed by atoms with Crippen molar-refractivity contribution in [3.05, 3.63) is 53.8 Å². The van der Waals surface area contributed by atoms with Gasteiger partial charge in [0.15, 0.2) is 11.7 Å². The van der Waals surface area contributed by atoms with Gasteiger partial charge < -0.3 is 9.47 Å². The summed E-state index contributed by atoms with van der Waals surface area (Å²) in [6.07, 6.45) is 0. The van der Waals surface area contributed by atoms with E-state index in [1.54, 1.807) is 30.3 Å². The molecule has 1 aromatic heterocycles. The number of anilines is 1. The quantitative estimate of drug-likeness (QED) is 0.707. The number of fused-ring (bicyclic) bond motifs is 1. The van der Waals surface area contributed by atoms with Gasteiger partial charge in [-0.3, -0.25) is 10.1 Å². The fourth-order valence-corrected chi connectivity index (χ4v) is 2.97. The first-order chi connectivity index (χ1) is 12.0. The zero-order chi connectivity index (χ0) is 17.8. The fraction of sp³-hybridized carbons (Fsp3) is 0.118. The average Bonchev–Trinajstić information content (AvgIpc) is 3.01. The molecule has 0 atom stereocenters. The Morgan fingerprint density at radius 1 is 1.20 bits per heavy atom. The lowest BCUT2D eigenvalue weighted by molar-refractivity contribution is -0.118. The topological polar surface area (TPSA) is 77.5 Å². The van der Waals surface area contributed by atoms with Crippen LogP contribution in [-0.2, 0) is 9.53 Å². The fourth-order valence-electron chi connectivity index (χ4n) is 2.06. The van der Waals surface area contributed by atoms with Gasteiger partial charge in [-0.25, -0.2) is 14.2 Å². The number of thiazole rings is 1. The normalized spacial score (nSPS) is 10.5. The molecule has 0 aliphatic carbocycles. The van der Waals surface area contributed by atoms with E-state index < -0.39 is 11.9 Å². The van der Waals surface area contributed by atoms with Crippen LogP contribution in [0, 0.1) is 5.82 Å². The highest BCUT2D eigenvalue weighted by molar-refractivity contribution is 7.22. The molecule has 0 saturated heterocycles. The van der Waals surface area contributed by atoms with Crippen LogP contribution in [0.1, 0.15) is 10.4 Å². The van der Waals surface area contributed by atoms with E-state index in [0.717, 1.165) is 0 Å². The molecule has 0 bridgehead atoms. The number of nitrogens with zero attached hydrogens (tertiary/aromatic N) is 1. The second-order valence-corrected chi connectivity index (χ2v) is 6.01. The monoisotopic (exact) mass is 360 g/mol. The maximum absolute atomic E-state index is 13.2. The third-order valence-corrected chi connectivity index (χ3v) is 4.18. The molecule has 0 fully saturated rings. The van der Waals surface area contributed by atoms with Crippen LogP contribution in [0.4, 0.5) is 9.52 Å². The Bertz CT molecular complexity index is 924. The maximum atomic E-state index is 13.2. The van der Waals surface area contributed by atoms with Gasteiger partial charge in [0.1, 0.15) is 11.6 Å². The second-order valence-electron chi connectivity index (χ2n) is 4.98. The highest BCUT2D eigenvalue weighted by Crippen LogP contribution is 2.26. The second kappa shape index (κ2) is 7.27. The number of carbonyl (C=O) groups is 2. The lowest BCUT2D eigenvalue weighted by Gasteiger charge is -2.06. The van der Waals surface area contributed by atoms with E-state index in [-0.39, 0.29) is 12.4 Å². The largest absolute Gasteiger partial charge is 0.484 e. The van der Waals surface area contributed by atoms with E-state index in [1.165, 1.54) is 30.6 Å². The van der Waals surface area contributed by atoms with E-state index in [0.29, 0.717) is 26.7 Å². The number of nitrogens with one attached hydrogen (secondary N) is 1. The number of aromatic nitrogens is 1. The van der Waals surface area contributed by atoms with Gasteiger partial charge in [-0.2, -0.15) is 0 Å². The molecular formula is C17H13FN2O4S. The standard InChI is InChI=1S/C17H13FN2O4S/c1-23-16(22)10-2-5-12(6-3-10)24-9-15(21)20-17-19-13-7-4-11(18)8-14(13)25-17/h2-8H,9H2,1H3,(H,19,20,21). The Morgan fingerprint density at radius 3 is 2.68 bits per heavy atom. The van der Waals surface area contributed by atoms with Crippen LogP contribution in [0.15, 0.2) is 42.5 Å². The van der Waals surface area contributed by atoms with Gasteiger partial charge in [0.25, 0.3) is 5.91 Å². The van der Waals surface area contributed by atoms with Gasteiger partial charge in [0, 0.05) is 0 Å². The van der Waals surface area contributed by atoms with Gasteiger partial charge in [0.2, 0.25) is 0 Å². The number of esters is 1. The molecule has 6 nitrogen and oxygen atoms in total. The first-order valence-electron chi connectivity index (χ1n) is 7.22. The van der Waals surface area contributed by atoms with Crippen molar-refractivity contribution in [1.29, 1.82) is 0 Å². The van der Waals surface area contributed by atoms with Crippen LogP contribution < -0.4 is 10.1 Å². The number of ether oxygens (including phenoxy) is 2. The molecule has 0 unspecified atom stereocenters. The molecule has 3 rings (SSSR count). The highest BCUT2D eigenvalue weighted by Gasteiger charge is 2.10. The molecule has 2 aromatic carbocycles. The Morgan fingerprint density at radius 2 is 1.96 bits per heavy atom. The summed E-state index contributed by atoms with van der Waals surface area (Å²) in [4.78, 5) is 27.5. The highest BCUT2D eigenvalue weighted by atomic mass is 32.1. The Balaban J connectivity index is 1.57. The van der Waals surface area contributed by atoms with E-state index >= 15 is 0 Å². The molecule has 1 heterocycles. The van der Waals surface area contributed by atoms with Gasteiger partial charge >= 0.3 is 5.97 Å². The number of carbonyl (C=O) groups excluding carboxylic acids is 2. The third kappa shape index (κ3) is 4.10. The lowest BCUT2D eigenvalue weighted by atomic mass is 10.2. The van der Waals surface area contributed by atoms with Crippen molar-refractivity contribution in [2.45, 2.75) is 0 Å². The molecule has 128 valence electrons. The number of amides is 1. The number of halogens is 1. The molecule has 3 aromatic rings. The molecule has 0 aliphatic heterocycles. The number of hydrogen-bond acceptors (Lipinski definition) is 6. The van der Waals surface area contributed by atoms with Crippen LogP contribution in [0.2, 0.25) is 0 Å². The minimum absolute atomic E-state index is 0.220. The molecule has 8 heteroatoms. The van der Waals surface area contributed by atoms with Crippen LogP contribution in [-0.4, -0.2) is 30.6 Å². The summed E-state index contributed by atoms with van der Waals surface area (Å²) in [5.41, 5.74) is 1.00. The van der Waals surface area contributed by atoms with Gasteiger partial charge in [-0.1, -0.05) is 11.3 Å². The lowest BCUT2D eigenvalue weighted by Crippen LogP contribution is -2.20. The number of benzene rings is 2. The smallest absolute Gasteiger partial charge is 0.337 e. The molecule has 0 spiro atoms. The molecule has 25 heavy (non-hydrogen) atoms. The Hall–Kier alpha value is -3.00. The molecule has 0 saturated carbocycles. The number of rotatable bonds is 5. The van der Waals surface area contributed by atoms with Crippen molar-refractivity contribution in [3.8, 4) is 5.75 Å². The van der Waals surface area contributed by atoms with Crippen molar-refractivity contribution in [2.24, 2.45) is 0 Å². The van der Waals surface area contributed by atoms with Crippen LogP contribution in [0.5, 0.6) is 5.75 Å². The summed E-state index contributed by atoms with van der Waals surface area (Å²) in [7, 11) is 1.30. The predicted octanol–water partition coefficient (Wildman–Crippen LogP) is 3.24. The first kappa shape index (κ1) is 16.8. The van der Waals surface area contributed by atoms with Crippen molar-refractivity contribution < 1.29 is 23.5 Å². The van der Waals surface area contributed by atoms with Crippen LogP contribution in [0.25, 0.3) is 10.2 Å². The molecule has 0 aliphatic rings. The predicted molar refractivity (Wildman–Crippen MR) is 91.5 cm³/mol. The van der Waals surface area contributed by atoms with Gasteiger partial charge in [0.05, 0.1) is 22.9 Å². The van der Waals surface area contributed by atoms with Crippen molar-refractivity contribution in [1.82, 2.24) is 4.98 Å². The Kier molecular flexibility index (Phi) is 4.90. The van der Waals surface area contributed by atoms with Crippen molar-refractivity contribution in [3.63, 3.8) is 0 Å². The summed E-state index contributed by atoms with van der Waals surface area (Å²) in [6.45, 7) is -0.220. The van der Waals surface area contributed by atoms with Gasteiger partial charge in [-0.15, -0.1) is 0 Å². The van der Waals surface area contributed by atoms with Crippen LogP contribution >= 0.6 is 11.3 Å². The SMILES string of the molecule is COC(=O)c1ccc(OCC(=O)Nc2nc3ccc(F)cc3s2)cc1. The van der Waals surface area contributed by atoms with E-state index in [4.69, 9.17) is 4.74 Å². The zero-order valence-corrected chi connectivity index (χ0v) is 13.9. The van der Waals surface area contributed by atoms with Crippen molar-refractivity contribution in [2.75, 3.05) is 19.0 Å². The first-order valence-corrected chi connectivity index (χ1v) is 8.04. The maximum Gasteiger partial charge on any atom is 0.337 e. The van der Waals surface area contributed by atoms with E-state index in [2.05, 4.69) is 15.0 Å². The average molecular weight is 360 g/mol. The van der Waals surface area contributed by atoms with E-state index in [1.807, 2.05) is 0 Å². The summed E-state index contributed by atoms with van der Waals surface area (Å²) in [5.74, 6) is -0.755. The summed E-state index contributed by atoms with van der Waals surface area (Å²) in [5, 5.41) is 2.98. The minimum Gasteiger partial charge on any atom is -0.484 e. The third-order valence-electron chi connectivity index (χ3n) is 3.24. The van der Waals surface area contributed by atoms with E-state index in [9.17, 15) is 14.0 Å². The summed E-state index contributed by atoms with van der Waals surface area (Å²) in [6, 6.07) is 10.5. The molecule has 1 N–H and O–H groups in total. The minimum atomic E-state index is -0.448. The Labute approximate surface area is 146 Å². The zero-order valence-electron chi connectivity index (χ0n) is 13.1. The van der Waals surface area contributed by atoms with Crippen LogP contribution in [0.3, 0.4) is 0 Å². The number of hydrogen-bond donors (Lipinski definition) is 1. The summed E-state index contributed by atoms with van der Waals surface area (Å²) >= 11 is 1.18.